The van der Waals surface area contributed by atoms with Crippen LogP contribution in [-0.4, -0.2) is 19.1 Å². The molecule has 0 fully saturated rings. The van der Waals surface area contributed by atoms with Crippen molar-refractivity contribution in [1.82, 2.24) is 0 Å². The molecule has 0 rings (SSSR count). The van der Waals surface area contributed by atoms with Crippen LogP contribution in [-0.2, 0) is 9.53 Å². The van der Waals surface area contributed by atoms with Gasteiger partial charge in [0.1, 0.15) is 0 Å². The van der Waals surface area contributed by atoms with Gasteiger partial charge in [0.05, 0.1) is 0 Å². The second-order valence-corrected chi connectivity index (χ2v) is 2.34. The van der Waals surface area contributed by atoms with E-state index >= 15 is 0 Å². The summed E-state index contributed by atoms with van der Waals surface area (Å²) in [5.41, 5.74) is 4.80. The van der Waals surface area contributed by atoms with Crippen LogP contribution in [0.5, 0.6) is 0 Å². The molecule has 0 saturated heterocycles. The van der Waals surface area contributed by atoms with E-state index < -0.39 is 0 Å². The van der Waals surface area contributed by atoms with Crippen molar-refractivity contribution in [3.05, 3.63) is 0 Å². The van der Waals surface area contributed by atoms with Crippen LogP contribution in [0.15, 0.2) is 0 Å². The average Bonchev–Trinajstić information content (AvgIpc) is 1.90. The second kappa shape index (κ2) is 9.43. The van der Waals surface area contributed by atoms with Crippen LogP contribution in [0.4, 0.5) is 0 Å². The summed E-state index contributed by atoms with van der Waals surface area (Å²) < 4.78 is 4.83. The van der Waals surface area contributed by atoms with Gasteiger partial charge in [0.2, 0.25) is 5.91 Å². The minimum absolute atomic E-state index is 0.00926. The minimum Gasteiger partial charge on any atom is -0.382 e. The highest BCUT2D eigenvalue weighted by Gasteiger charge is 1.96. The molecule has 0 aliphatic rings. The maximum atomic E-state index is 9.92. The first-order chi connectivity index (χ1) is 5.06. The Morgan fingerprint density at radius 3 is 1.64 bits per heavy atom. The quantitative estimate of drug-likeness (QED) is 0.675. The lowest BCUT2D eigenvalue weighted by atomic mass is 10.2. The molecule has 3 heteroatoms. The Labute approximate surface area is 68.9 Å². The first kappa shape index (κ1) is 13.1. The van der Waals surface area contributed by atoms with Gasteiger partial charge in [-0.1, -0.05) is 13.8 Å². The van der Waals surface area contributed by atoms with Gasteiger partial charge in [-0.25, -0.2) is 0 Å². The molecule has 0 aliphatic carbocycles. The van der Waals surface area contributed by atoms with Gasteiger partial charge in [-0.15, -0.1) is 0 Å². The number of primary amides is 1. The fraction of sp³-hybridized carbons (Fsp3) is 0.875. The topological polar surface area (TPSA) is 52.3 Å². The molecular weight excluding hydrogens is 142 g/mol. The molecule has 0 atom stereocenters. The Morgan fingerprint density at radius 2 is 1.64 bits per heavy atom. The van der Waals surface area contributed by atoms with Gasteiger partial charge in [-0.2, -0.15) is 0 Å². The van der Waals surface area contributed by atoms with Crippen molar-refractivity contribution in [2.75, 3.05) is 13.2 Å². The standard InChI is InChI=1S/C4H9NO.C4H10O/c1-3(2)4(5)6;1-3-5-4-2/h3H,1-2H3,(H2,5,6);3-4H2,1-2H3. The summed E-state index contributed by atoms with van der Waals surface area (Å²) in [5, 5.41) is 0. The Hall–Kier alpha value is -0.570. The van der Waals surface area contributed by atoms with Crippen molar-refractivity contribution >= 4 is 5.91 Å². The number of carbonyl (C=O) groups is 1. The third kappa shape index (κ3) is 17.7. The van der Waals surface area contributed by atoms with E-state index in [-0.39, 0.29) is 11.8 Å². The number of hydrogen-bond acceptors (Lipinski definition) is 2. The van der Waals surface area contributed by atoms with Crippen molar-refractivity contribution in [1.29, 1.82) is 0 Å². The van der Waals surface area contributed by atoms with Crippen LogP contribution in [0.3, 0.4) is 0 Å². The van der Waals surface area contributed by atoms with E-state index in [2.05, 4.69) is 0 Å². The summed E-state index contributed by atoms with van der Waals surface area (Å²) in [7, 11) is 0. The zero-order valence-electron chi connectivity index (χ0n) is 7.89. The van der Waals surface area contributed by atoms with Gasteiger partial charge in [-0.05, 0) is 13.8 Å². The smallest absolute Gasteiger partial charge is 0.219 e. The van der Waals surface area contributed by atoms with Crippen LogP contribution in [0.25, 0.3) is 0 Å². The van der Waals surface area contributed by atoms with E-state index in [1.807, 2.05) is 13.8 Å². The van der Waals surface area contributed by atoms with Gasteiger partial charge in [0.25, 0.3) is 0 Å². The van der Waals surface area contributed by atoms with Gasteiger partial charge < -0.3 is 10.5 Å². The fourth-order valence-electron chi connectivity index (χ4n) is 0.204. The van der Waals surface area contributed by atoms with Gasteiger partial charge >= 0.3 is 0 Å². The lowest BCUT2D eigenvalue weighted by Crippen LogP contribution is -2.17. The third-order valence-electron chi connectivity index (χ3n) is 0.977. The summed E-state index contributed by atoms with van der Waals surface area (Å²) in [6.45, 7) is 9.20. The number of carbonyl (C=O) groups excluding carboxylic acids is 1. The summed E-state index contributed by atoms with van der Waals surface area (Å²) in [6, 6.07) is 0. The molecule has 0 aliphatic heterocycles. The Morgan fingerprint density at radius 1 is 1.36 bits per heavy atom. The molecule has 0 aromatic heterocycles. The van der Waals surface area contributed by atoms with Crippen LogP contribution in [0.2, 0.25) is 0 Å². The van der Waals surface area contributed by atoms with E-state index in [9.17, 15) is 4.79 Å². The van der Waals surface area contributed by atoms with Crippen LogP contribution in [0, 0.1) is 5.92 Å². The molecule has 1 amide bonds. The molecule has 3 nitrogen and oxygen atoms in total. The molecule has 0 radical (unpaired) electrons. The number of amides is 1. The molecule has 0 bridgehead atoms. The molecule has 0 unspecified atom stereocenters. The monoisotopic (exact) mass is 161 g/mol. The highest BCUT2D eigenvalue weighted by atomic mass is 16.5. The average molecular weight is 161 g/mol. The maximum Gasteiger partial charge on any atom is 0.219 e. The van der Waals surface area contributed by atoms with Gasteiger partial charge in [-0.3, -0.25) is 4.79 Å². The predicted octanol–water partition coefficient (Wildman–Crippen LogP) is 1.17. The van der Waals surface area contributed by atoms with E-state index in [1.54, 1.807) is 13.8 Å². The summed E-state index contributed by atoms with van der Waals surface area (Å²) >= 11 is 0. The molecule has 0 aromatic rings. The zero-order valence-corrected chi connectivity index (χ0v) is 7.89. The lowest BCUT2D eigenvalue weighted by Gasteiger charge is -1.90. The molecule has 2 N–H and O–H groups in total. The Bertz CT molecular complexity index is 90.1. The SMILES string of the molecule is CC(C)C(N)=O.CCOCC. The highest BCUT2D eigenvalue weighted by molar-refractivity contribution is 5.75. The van der Waals surface area contributed by atoms with Crippen molar-refractivity contribution in [2.45, 2.75) is 27.7 Å². The minimum atomic E-state index is -0.241. The first-order valence-corrected chi connectivity index (χ1v) is 3.93. The molecule has 0 saturated carbocycles. The molecule has 11 heavy (non-hydrogen) atoms. The normalized spacial score (nSPS) is 8.82. The zero-order chi connectivity index (χ0) is 9.28. The van der Waals surface area contributed by atoms with Crippen LogP contribution in [0.1, 0.15) is 27.7 Å². The number of rotatable bonds is 3. The first-order valence-electron chi connectivity index (χ1n) is 3.93. The van der Waals surface area contributed by atoms with Crippen molar-refractivity contribution in [3.8, 4) is 0 Å². The number of hydrogen-bond donors (Lipinski definition) is 1. The van der Waals surface area contributed by atoms with Gasteiger partial charge in [0.15, 0.2) is 0 Å². The van der Waals surface area contributed by atoms with E-state index in [0.717, 1.165) is 13.2 Å². The van der Waals surface area contributed by atoms with Crippen LogP contribution >= 0.6 is 0 Å². The van der Waals surface area contributed by atoms with Gasteiger partial charge in [0, 0.05) is 19.1 Å². The molecule has 68 valence electrons. The lowest BCUT2D eigenvalue weighted by molar-refractivity contribution is -0.120. The van der Waals surface area contributed by atoms with E-state index in [1.165, 1.54) is 0 Å². The third-order valence-corrected chi connectivity index (χ3v) is 0.977. The molecule has 0 aromatic carbocycles. The molecule has 0 spiro atoms. The van der Waals surface area contributed by atoms with Crippen LogP contribution < -0.4 is 5.73 Å². The molecular formula is C8H19NO2. The molecule has 0 heterocycles. The highest BCUT2D eigenvalue weighted by Crippen LogP contribution is 1.84. The predicted molar refractivity (Wildman–Crippen MR) is 46.2 cm³/mol. The summed E-state index contributed by atoms with van der Waals surface area (Å²) in [4.78, 5) is 9.92. The maximum absolute atomic E-state index is 9.92. The van der Waals surface area contributed by atoms with E-state index in [0.29, 0.717) is 0 Å². The largest absolute Gasteiger partial charge is 0.382 e. The number of nitrogens with two attached hydrogens (primary N) is 1. The second-order valence-electron chi connectivity index (χ2n) is 2.34. The van der Waals surface area contributed by atoms with Crippen molar-refractivity contribution in [2.24, 2.45) is 11.7 Å². The summed E-state index contributed by atoms with van der Waals surface area (Å²) in [5.74, 6) is -0.250. The van der Waals surface area contributed by atoms with Crippen molar-refractivity contribution < 1.29 is 9.53 Å². The van der Waals surface area contributed by atoms with Crippen molar-refractivity contribution in [3.63, 3.8) is 0 Å². The number of ether oxygens (including phenoxy) is 1. The summed E-state index contributed by atoms with van der Waals surface area (Å²) in [6.07, 6.45) is 0. The Balaban J connectivity index is 0. The van der Waals surface area contributed by atoms with E-state index in [4.69, 9.17) is 10.5 Å². The Kier molecular flexibility index (Phi) is 11.2. The fourth-order valence-corrected chi connectivity index (χ4v) is 0.204.